The monoisotopic (exact) mass is 335 g/mol. The van der Waals surface area contributed by atoms with Crippen molar-refractivity contribution in [3.63, 3.8) is 0 Å². The van der Waals surface area contributed by atoms with E-state index < -0.39 is 0 Å². The Labute approximate surface area is 141 Å². The maximum Gasteiger partial charge on any atom is 0.289 e. The third-order valence-corrected chi connectivity index (χ3v) is 4.96. The van der Waals surface area contributed by atoms with E-state index >= 15 is 0 Å². The van der Waals surface area contributed by atoms with Crippen molar-refractivity contribution in [1.29, 1.82) is 0 Å². The molecule has 1 saturated heterocycles. The largest absolute Gasteiger partial charge is 0.454 e. The number of carbonyl (C=O) groups excluding carboxylic acids is 1. The first-order chi connectivity index (χ1) is 11.0. The SMILES string of the molecule is Cc1nn(Cc2ccc(C(=O)N3CCC[C@H](C)C3)o2)c(C)c1Cl. The standard InChI is InChI=1S/C17H22ClN3O2/c1-11-5-4-8-20(9-11)17(22)15-7-6-14(23-15)10-21-13(3)16(18)12(2)19-21/h6-7,11H,4-5,8-10H2,1-3H3/t11-/m0/s1. The van der Waals surface area contributed by atoms with Crippen LogP contribution < -0.4 is 0 Å². The number of aryl methyl sites for hydroxylation is 1. The lowest BCUT2D eigenvalue weighted by Gasteiger charge is -2.30. The summed E-state index contributed by atoms with van der Waals surface area (Å²) in [7, 11) is 0. The highest BCUT2D eigenvalue weighted by Crippen LogP contribution is 2.22. The molecule has 0 radical (unpaired) electrons. The van der Waals surface area contributed by atoms with Gasteiger partial charge in [-0.1, -0.05) is 18.5 Å². The summed E-state index contributed by atoms with van der Waals surface area (Å²) in [5.74, 6) is 1.65. The number of halogens is 1. The lowest BCUT2D eigenvalue weighted by molar-refractivity contribution is 0.0648. The zero-order valence-electron chi connectivity index (χ0n) is 13.8. The number of aromatic nitrogens is 2. The van der Waals surface area contributed by atoms with Gasteiger partial charge in [-0.2, -0.15) is 5.10 Å². The molecule has 2 aromatic rings. The molecule has 0 saturated carbocycles. The summed E-state index contributed by atoms with van der Waals surface area (Å²) in [4.78, 5) is 14.4. The zero-order valence-corrected chi connectivity index (χ0v) is 14.6. The molecule has 1 amide bonds. The predicted octanol–water partition coefficient (Wildman–Crippen LogP) is 3.67. The second-order valence-corrected chi connectivity index (χ2v) is 6.78. The van der Waals surface area contributed by atoms with E-state index in [2.05, 4.69) is 12.0 Å². The quantitative estimate of drug-likeness (QED) is 0.860. The van der Waals surface area contributed by atoms with E-state index in [9.17, 15) is 4.79 Å². The van der Waals surface area contributed by atoms with E-state index in [1.807, 2.05) is 24.8 Å². The molecule has 124 valence electrons. The molecule has 5 nitrogen and oxygen atoms in total. The number of furan rings is 1. The number of carbonyl (C=O) groups is 1. The second kappa shape index (κ2) is 6.40. The van der Waals surface area contributed by atoms with Crippen LogP contribution in [-0.4, -0.2) is 33.7 Å². The number of likely N-dealkylation sites (tertiary alicyclic amines) is 1. The fraction of sp³-hybridized carbons (Fsp3) is 0.529. The third-order valence-electron chi connectivity index (χ3n) is 4.42. The fourth-order valence-electron chi connectivity index (χ4n) is 3.08. The number of nitrogens with zero attached hydrogens (tertiary/aromatic N) is 3. The van der Waals surface area contributed by atoms with Crippen LogP contribution in [-0.2, 0) is 6.54 Å². The molecular formula is C17H22ClN3O2. The van der Waals surface area contributed by atoms with E-state index in [1.165, 1.54) is 6.42 Å². The Morgan fingerprint density at radius 3 is 2.87 bits per heavy atom. The van der Waals surface area contributed by atoms with Crippen molar-refractivity contribution in [2.75, 3.05) is 13.1 Å². The van der Waals surface area contributed by atoms with Crippen molar-refractivity contribution in [3.8, 4) is 0 Å². The maximum atomic E-state index is 12.5. The molecule has 0 aliphatic carbocycles. The smallest absolute Gasteiger partial charge is 0.289 e. The van der Waals surface area contributed by atoms with Crippen molar-refractivity contribution < 1.29 is 9.21 Å². The maximum absolute atomic E-state index is 12.5. The summed E-state index contributed by atoms with van der Waals surface area (Å²) >= 11 is 6.16. The third kappa shape index (κ3) is 3.29. The Hall–Kier alpha value is -1.75. The zero-order chi connectivity index (χ0) is 16.6. The highest BCUT2D eigenvalue weighted by Gasteiger charge is 2.24. The fourth-order valence-corrected chi connectivity index (χ4v) is 3.22. The van der Waals surface area contributed by atoms with Gasteiger partial charge in [0.05, 0.1) is 23.0 Å². The molecule has 1 atom stereocenters. The van der Waals surface area contributed by atoms with Gasteiger partial charge in [0, 0.05) is 13.1 Å². The lowest BCUT2D eigenvalue weighted by atomic mass is 10.0. The van der Waals surface area contributed by atoms with E-state index in [-0.39, 0.29) is 5.91 Å². The van der Waals surface area contributed by atoms with Gasteiger partial charge >= 0.3 is 0 Å². The van der Waals surface area contributed by atoms with E-state index in [0.717, 1.165) is 30.9 Å². The number of hydrogen-bond acceptors (Lipinski definition) is 3. The molecule has 23 heavy (non-hydrogen) atoms. The highest BCUT2D eigenvalue weighted by atomic mass is 35.5. The van der Waals surface area contributed by atoms with Gasteiger partial charge in [0.25, 0.3) is 5.91 Å². The van der Waals surface area contributed by atoms with Gasteiger partial charge < -0.3 is 9.32 Å². The molecule has 6 heteroatoms. The highest BCUT2D eigenvalue weighted by molar-refractivity contribution is 6.31. The summed E-state index contributed by atoms with van der Waals surface area (Å²) in [6, 6.07) is 3.59. The average Bonchev–Trinajstić information content (AvgIpc) is 3.08. The Morgan fingerprint density at radius 1 is 1.43 bits per heavy atom. The van der Waals surface area contributed by atoms with Gasteiger partial charge in [-0.3, -0.25) is 9.48 Å². The molecule has 3 heterocycles. The molecule has 0 unspecified atom stereocenters. The minimum absolute atomic E-state index is 0.0193. The minimum atomic E-state index is -0.0193. The molecule has 1 aliphatic rings. The van der Waals surface area contributed by atoms with Gasteiger partial charge in [-0.25, -0.2) is 0 Å². The summed E-state index contributed by atoms with van der Waals surface area (Å²) in [5, 5.41) is 5.06. The predicted molar refractivity (Wildman–Crippen MR) is 88.8 cm³/mol. The molecule has 3 rings (SSSR count). The first-order valence-corrected chi connectivity index (χ1v) is 8.41. The molecule has 2 aromatic heterocycles. The first kappa shape index (κ1) is 16.1. The van der Waals surface area contributed by atoms with Crippen LogP contribution >= 0.6 is 11.6 Å². The summed E-state index contributed by atoms with van der Waals surface area (Å²) in [6.07, 6.45) is 2.25. The molecule has 0 aromatic carbocycles. The number of rotatable bonds is 3. The molecule has 1 aliphatic heterocycles. The van der Waals surface area contributed by atoms with Crippen molar-refractivity contribution in [2.45, 2.75) is 40.2 Å². The minimum Gasteiger partial charge on any atom is -0.454 e. The van der Waals surface area contributed by atoms with Crippen LogP contribution in [0.2, 0.25) is 5.02 Å². The Kier molecular flexibility index (Phi) is 4.48. The van der Waals surface area contributed by atoms with Crippen LogP contribution in [0.15, 0.2) is 16.5 Å². The molecule has 1 fully saturated rings. The van der Waals surface area contributed by atoms with Gasteiger partial charge in [0.2, 0.25) is 0 Å². The molecule has 0 N–H and O–H groups in total. The second-order valence-electron chi connectivity index (χ2n) is 6.41. The van der Waals surface area contributed by atoms with Gasteiger partial charge in [0.1, 0.15) is 5.76 Å². The molecule has 0 spiro atoms. The lowest BCUT2D eigenvalue weighted by Crippen LogP contribution is -2.38. The van der Waals surface area contributed by atoms with E-state index in [4.69, 9.17) is 16.0 Å². The summed E-state index contributed by atoms with van der Waals surface area (Å²) in [5.41, 5.74) is 1.70. The van der Waals surface area contributed by atoms with Gasteiger partial charge in [0.15, 0.2) is 5.76 Å². The summed E-state index contributed by atoms with van der Waals surface area (Å²) in [6.45, 7) is 8.07. The van der Waals surface area contributed by atoms with Crippen molar-refractivity contribution in [1.82, 2.24) is 14.7 Å². The van der Waals surface area contributed by atoms with Crippen LogP contribution in [0.25, 0.3) is 0 Å². The van der Waals surface area contributed by atoms with Crippen LogP contribution in [0.1, 0.15) is 47.5 Å². The summed E-state index contributed by atoms with van der Waals surface area (Å²) < 4.78 is 7.55. The molecular weight excluding hydrogens is 314 g/mol. The van der Waals surface area contributed by atoms with E-state index in [0.29, 0.717) is 29.0 Å². The molecule has 0 bridgehead atoms. The van der Waals surface area contributed by atoms with Crippen LogP contribution in [0.5, 0.6) is 0 Å². The van der Waals surface area contributed by atoms with Crippen LogP contribution in [0.3, 0.4) is 0 Å². The topological polar surface area (TPSA) is 51.3 Å². The van der Waals surface area contributed by atoms with E-state index in [1.54, 1.807) is 10.7 Å². The van der Waals surface area contributed by atoms with Crippen LogP contribution in [0, 0.1) is 19.8 Å². The Bertz CT molecular complexity index is 719. The van der Waals surface area contributed by atoms with Gasteiger partial charge in [-0.05, 0) is 44.7 Å². The van der Waals surface area contributed by atoms with Crippen molar-refractivity contribution in [3.05, 3.63) is 40.1 Å². The average molecular weight is 336 g/mol. The Balaban J connectivity index is 1.72. The van der Waals surface area contributed by atoms with Gasteiger partial charge in [-0.15, -0.1) is 0 Å². The number of amides is 1. The normalized spacial score (nSPS) is 18.4. The van der Waals surface area contributed by atoms with Crippen molar-refractivity contribution >= 4 is 17.5 Å². The Morgan fingerprint density at radius 2 is 2.22 bits per heavy atom. The van der Waals surface area contributed by atoms with Crippen molar-refractivity contribution in [2.24, 2.45) is 5.92 Å². The first-order valence-electron chi connectivity index (χ1n) is 8.03. The number of piperidine rings is 1. The number of hydrogen-bond donors (Lipinski definition) is 0. The van der Waals surface area contributed by atoms with Crippen LogP contribution in [0.4, 0.5) is 0 Å².